The Bertz CT molecular complexity index is 491. The molecule has 0 saturated heterocycles. The van der Waals surface area contributed by atoms with Crippen LogP contribution in [0.25, 0.3) is 0 Å². The Hall–Kier alpha value is -0.950. The molecule has 0 N–H and O–H groups in total. The third-order valence-electron chi connectivity index (χ3n) is 6.08. The lowest BCUT2D eigenvalue weighted by Gasteiger charge is -2.37. The van der Waals surface area contributed by atoms with Crippen LogP contribution in [0.2, 0.25) is 5.02 Å². The number of hydrogen-bond acceptors (Lipinski definition) is 1. The van der Waals surface area contributed by atoms with E-state index in [-0.39, 0.29) is 0 Å². The van der Waals surface area contributed by atoms with Crippen molar-refractivity contribution in [3.63, 3.8) is 0 Å². The molecule has 2 saturated carbocycles. The van der Waals surface area contributed by atoms with E-state index in [1.807, 2.05) is 18.4 Å². The molecule has 0 unspecified atom stereocenters. The first-order chi connectivity index (χ1) is 11.3. The predicted octanol–water partition coefficient (Wildman–Crippen LogP) is 6.58. The van der Waals surface area contributed by atoms with Gasteiger partial charge >= 0.3 is 0 Å². The zero-order chi connectivity index (χ0) is 16.1. The molecule has 0 heterocycles. The fraction of sp³-hybridized carbons (Fsp3) is 0.619. The largest absolute Gasteiger partial charge is 0.505 e. The molecule has 0 radical (unpaired) electrons. The molecule has 1 nitrogen and oxygen atoms in total. The molecule has 3 rings (SSSR count). The minimum atomic E-state index is 0.747. The van der Waals surface area contributed by atoms with E-state index in [0.29, 0.717) is 0 Å². The number of hydrogen-bond donors (Lipinski definition) is 0. The summed E-state index contributed by atoms with van der Waals surface area (Å²) in [5.74, 6) is 3.43. The Kier molecular flexibility index (Phi) is 6.05. The topological polar surface area (TPSA) is 9.23 Å². The molecule has 126 valence electrons. The lowest BCUT2D eigenvalue weighted by molar-refractivity contribution is 0.170. The summed E-state index contributed by atoms with van der Waals surface area (Å²) in [4.78, 5) is 0. The Morgan fingerprint density at radius 3 is 2.00 bits per heavy atom. The van der Waals surface area contributed by atoms with Crippen molar-refractivity contribution in [1.29, 1.82) is 0 Å². The molecular weight excluding hydrogens is 304 g/mol. The predicted molar refractivity (Wildman–Crippen MR) is 97.7 cm³/mol. The van der Waals surface area contributed by atoms with Crippen LogP contribution in [0, 0.1) is 17.8 Å². The summed E-state index contributed by atoms with van der Waals surface area (Å²) in [6.07, 6.45) is 15.2. The molecule has 1 aromatic carbocycles. The molecule has 0 bridgehead atoms. The summed E-state index contributed by atoms with van der Waals surface area (Å²) in [6.45, 7) is 0. The quantitative estimate of drug-likeness (QED) is 0.566. The lowest BCUT2D eigenvalue weighted by atomic mass is 9.68. The average Bonchev–Trinajstić information content (AvgIpc) is 2.61. The zero-order valence-corrected chi connectivity index (χ0v) is 15.0. The van der Waals surface area contributed by atoms with Gasteiger partial charge in [0.25, 0.3) is 0 Å². The van der Waals surface area contributed by atoms with Gasteiger partial charge in [-0.1, -0.05) is 23.7 Å². The molecule has 0 amide bonds. The van der Waals surface area contributed by atoms with Gasteiger partial charge in [-0.3, -0.25) is 0 Å². The van der Waals surface area contributed by atoms with Gasteiger partial charge in [0.2, 0.25) is 0 Å². The molecule has 1 aromatic rings. The smallest absolute Gasteiger partial charge is 0.0787 e. The molecule has 0 spiro atoms. The van der Waals surface area contributed by atoms with Gasteiger partial charge in [0, 0.05) is 5.02 Å². The third-order valence-corrected chi connectivity index (χ3v) is 6.34. The van der Waals surface area contributed by atoms with E-state index in [2.05, 4.69) is 18.2 Å². The number of benzene rings is 1. The van der Waals surface area contributed by atoms with E-state index in [0.717, 1.165) is 28.7 Å². The summed E-state index contributed by atoms with van der Waals surface area (Å²) in [5.41, 5.74) is 1.49. The van der Waals surface area contributed by atoms with E-state index in [9.17, 15) is 0 Å². The molecular formula is C21H29ClO. The van der Waals surface area contributed by atoms with Gasteiger partial charge in [-0.15, -0.1) is 0 Å². The van der Waals surface area contributed by atoms with Crippen LogP contribution in [0.1, 0.15) is 62.8 Å². The molecule has 23 heavy (non-hydrogen) atoms. The maximum Gasteiger partial charge on any atom is 0.0787 e. The van der Waals surface area contributed by atoms with E-state index in [4.69, 9.17) is 16.3 Å². The first-order valence-electron chi connectivity index (χ1n) is 9.21. The Labute approximate surface area is 146 Å². The molecule has 2 aliphatic carbocycles. The highest BCUT2D eigenvalue weighted by molar-refractivity contribution is 6.30. The van der Waals surface area contributed by atoms with E-state index in [1.54, 1.807) is 7.11 Å². The van der Waals surface area contributed by atoms with Crippen molar-refractivity contribution in [3.8, 4) is 0 Å². The highest BCUT2D eigenvalue weighted by atomic mass is 35.5. The van der Waals surface area contributed by atoms with Gasteiger partial charge in [0.05, 0.1) is 13.4 Å². The van der Waals surface area contributed by atoms with Gasteiger partial charge in [-0.2, -0.15) is 0 Å². The minimum absolute atomic E-state index is 0.747. The minimum Gasteiger partial charge on any atom is -0.505 e. The maximum atomic E-state index is 6.01. The number of rotatable bonds is 4. The Morgan fingerprint density at radius 2 is 1.43 bits per heavy atom. The van der Waals surface area contributed by atoms with E-state index >= 15 is 0 Å². The Balaban J connectivity index is 1.46. The third kappa shape index (κ3) is 4.53. The average molecular weight is 333 g/mol. The van der Waals surface area contributed by atoms with Crippen LogP contribution in [-0.4, -0.2) is 7.11 Å². The van der Waals surface area contributed by atoms with Crippen molar-refractivity contribution in [3.05, 3.63) is 47.2 Å². The van der Waals surface area contributed by atoms with Crippen molar-refractivity contribution in [2.75, 3.05) is 7.11 Å². The summed E-state index contributed by atoms with van der Waals surface area (Å²) in [7, 11) is 1.74. The van der Waals surface area contributed by atoms with Gasteiger partial charge in [0.1, 0.15) is 0 Å². The SMILES string of the molecule is COC=C[C@H]1CC[C@H]([C@H]2CC[C@H](c3ccc(Cl)cc3)CC2)CC1. The van der Waals surface area contributed by atoms with Crippen LogP contribution >= 0.6 is 11.6 Å². The zero-order valence-electron chi connectivity index (χ0n) is 14.2. The van der Waals surface area contributed by atoms with E-state index in [1.165, 1.54) is 56.9 Å². The number of methoxy groups -OCH3 is 1. The summed E-state index contributed by atoms with van der Waals surface area (Å²) < 4.78 is 5.06. The van der Waals surface area contributed by atoms with Crippen molar-refractivity contribution in [2.24, 2.45) is 17.8 Å². The molecule has 0 aliphatic heterocycles. The highest BCUT2D eigenvalue weighted by Crippen LogP contribution is 2.44. The Morgan fingerprint density at radius 1 is 0.870 bits per heavy atom. The fourth-order valence-corrected chi connectivity index (χ4v) is 4.78. The van der Waals surface area contributed by atoms with Gasteiger partial charge in [-0.05, 0) is 98.8 Å². The summed E-state index contributed by atoms with van der Waals surface area (Å²) >= 11 is 6.01. The summed E-state index contributed by atoms with van der Waals surface area (Å²) in [5, 5.41) is 0.849. The second-order valence-corrected chi connectivity index (χ2v) is 7.84. The van der Waals surface area contributed by atoms with Crippen LogP contribution < -0.4 is 0 Å². The lowest BCUT2D eigenvalue weighted by Crippen LogP contribution is -2.25. The number of ether oxygens (including phenoxy) is 1. The monoisotopic (exact) mass is 332 g/mol. The standard InChI is InChI=1S/C21H29ClO/c1-23-15-14-16-2-4-17(5-3-16)18-6-8-19(9-7-18)20-10-12-21(22)13-11-20/h10-19H,2-9H2,1H3/t16-,17-,18-,19-. The second-order valence-electron chi connectivity index (χ2n) is 7.40. The normalized spacial score (nSPS) is 32.1. The second kappa shape index (κ2) is 8.24. The molecule has 2 fully saturated rings. The van der Waals surface area contributed by atoms with Crippen LogP contribution in [0.3, 0.4) is 0 Å². The maximum absolute atomic E-state index is 6.01. The van der Waals surface area contributed by atoms with Crippen molar-refractivity contribution < 1.29 is 4.74 Å². The summed E-state index contributed by atoms with van der Waals surface area (Å²) in [6, 6.07) is 8.52. The molecule has 0 aromatic heterocycles. The van der Waals surface area contributed by atoms with Crippen LogP contribution in [0.4, 0.5) is 0 Å². The number of halogens is 1. The van der Waals surface area contributed by atoms with Crippen LogP contribution in [-0.2, 0) is 4.74 Å². The van der Waals surface area contributed by atoms with Crippen molar-refractivity contribution in [2.45, 2.75) is 57.3 Å². The first-order valence-corrected chi connectivity index (χ1v) is 9.59. The number of allylic oxidation sites excluding steroid dienone is 1. The molecule has 2 aliphatic rings. The van der Waals surface area contributed by atoms with Crippen LogP contribution in [0.15, 0.2) is 36.6 Å². The molecule has 0 atom stereocenters. The van der Waals surface area contributed by atoms with E-state index < -0.39 is 0 Å². The highest BCUT2D eigenvalue weighted by Gasteiger charge is 2.30. The fourth-order valence-electron chi connectivity index (χ4n) is 4.66. The van der Waals surface area contributed by atoms with Gasteiger partial charge < -0.3 is 4.74 Å². The van der Waals surface area contributed by atoms with Crippen molar-refractivity contribution >= 4 is 11.6 Å². The molecule has 2 heteroatoms. The van der Waals surface area contributed by atoms with Crippen LogP contribution in [0.5, 0.6) is 0 Å². The van der Waals surface area contributed by atoms with Gasteiger partial charge in [0.15, 0.2) is 0 Å². The van der Waals surface area contributed by atoms with Crippen molar-refractivity contribution in [1.82, 2.24) is 0 Å². The van der Waals surface area contributed by atoms with Gasteiger partial charge in [-0.25, -0.2) is 0 Å². The first kappa shape index (κ1) is 16.9.